The summed E-state index contributed by atoms with van der Waals surface area (Å²) < 4.78 is 11.6. The molecule has 0 radical (unpaired) electrons. The van der Waals surface area contributed by atoms with E-state index in [-0.39, 0.29) is 24.0 Å². The number of fused-ring (bicyclic) bond motifs is 1. The standard InChI is InChI=1S/C18H21N5O2S.HI/c1-24-14-8-7-12(11-15(14)25-2)22-17(19)20-9-10-21-18-23-13-5-3-4-6-16(13)26-18;/h3-8,11H,9-10H2,1-2H3,(H,21,23)(H3,19,20,22);1H. The normalized spacial score (nSPS) is 11.0. The van der Waals surface area contributed by atoms with Crippen molar-refractivity contribution in [3.63, 3.8) is 0 Å². The summed E-state index contributed by atoms with van der Waals surface area (Å²) in [5.74, 6) is 1.62. The third-order valence-corrected chi connectivity index (χ3v) is 4.61. The molecule has 1 aromatic heterocycles. The fourth-order valence-electron chi connectivity index (χ4n) is 2.39. The first-order valence-electron chi connectivity index (χ1n) is 8.08. The van der Waals surface area contributed by atoms with E-state index in [1.807, 2.05) is 30.3 Å². The van der Waals surface area contributed by atoms with E-state index < -0.39 is 0 Å². The summed E-state index contributed by atoms with van der Waals surface area (Å²) in [6.45, 7) is 1.18. The number of anilines is 2. The Labute approximate surface area is 179 Å². The summed E-state index contributed by atoms with van der Waals surface area (Å²) in [5, 5.41) is 7.19. The number of nitrogens with one attached hydrogen (secondary N) is 2. The minimum atomic E-state index is 0. The van der Waals surface area contributed by atoms with Gasteiger partial charge in [0, 0.05) is 18.3 Å². The lowest BCUT2D eigenvalue weighted by Gasteiger charge is -2.11. The van der Waals surface area contributed by atoms with Crippen LogP contribution in [0.3, 0.4) is 0 Å². The molecule has 0 unspecified atom stereocenters. The number of hydrogen-bond acceptors (Lipinski definition) is 6. The van der Waals surface area contributed by atoms with Gasteiger partial charge in [-0.2, -0.15) is 0 Å². The third kappa shape index (κ3) is 5.60. The first-order valence-corrected chi connectivity index (χ1v) is 8.89. The van der Waals surface area contributed by atoms with Crippen LogP contribution in [0.4, 0.5) is 10.8 Å². The van der Waals surface area contributed by atoms with Crippen LogP contribution in [0, 0.1) is 0 Å². The average Bonchev–Trinajstić information content (AvgIpc) is 3.08. The summed E-state index contributed by atoms with van der Waals surface area (Å²) in [6, 6.07) is 13.5. The maximum absolute atomic E-state index is 5.93. The van der Waals surface area contributed by atoms with Gasteiger partial charge in [0.1, 0.15) is 0 Å². The fraction of sp³-hybridized carbons (Fsp3) is 0.222. The van der Waals surface area contributed by atoms with Crippen molar-refractivity contribution in [3.05, 3.63) is 42.5 Å². The van der Waals surface area contributed by atoms with Crippen molar-refractivity contribution >= 4 is 62.3 Å². The highest BCUT2D eigenvalue weighted by Gasteiger charge is 2.05. The Bertz CT molecular complexity index is 883. The van der Waals surface area contributed by atoms with Crippen LogP contribution in [0.1, 0.15) is 0 Å². The van der Waals surface area contributed by atoms with Gasteiger partial charge in [0.05, 0.1) is 31.0 Å². The highest BCUT2D eigenvalue weighted by molar-refractivity contribution is 14.0. The molecule has 0 aliphatic heterocycles. The number of benzene rings is 2. The van der Waals surface area contributed by atoms with Gasteiger partial charge in [0.25, 0.3) is 0 Å². The molecule has 7 nitrogen and oxygen atoms in total. The largest absolute Gasteiger partial charge is 0.493 e. The molecule has 0 aliphatic rings. The highest BCUT2D eigenvalue weighted by atomic mass is 127. The van der Waals surface area contributed by atoms with Crippen molar-refractivity contribution in [1.82, 2.24) is 4.98 Å². The zero-order valence-electron chi connectivity index (χ0n) is 15.1. The monoisotopic (exact) mass is 499 g/mol. The Kier molecular flexibility index (Phi) is 7.92. The van der Waals surface area contributed by atoms with Crippen molar-refractivity contribution in [2.24, 2.45) is 10.7 Å². The van der Waals surface area contributed by atoms with Crippen LogP contribution in [0.25, 0.3) is 10.2 Å². The third-order valence-electron chi connectivity index (χ3n) is 3.62. The van der Waals surface area contributed by atoms with Crippen molar-refractivity contribution in [2.75, 3.05) is 37.9 Å². The lowest BCUT2D eigenvalue weighted by Crippen LogP contribution is -2.23. The van der Waals surface area contributed by atoms with E-state index in [1.54, 1.807) is 31.6 Å². The van der Waals surface area contributed by atoms with Crippen LogP contribution in [0.5, 0.6) is 11.5 Å². The van der Waals surface area contributed by atoms with Crippen LogP contribution < -0.4 is 25.8 Å². The lowest BCUT2D eigenvalue weighted by atomic mass is 10.3. The summed E-state index contributed by atoms with van der Waals surface area (Å²) in [6.07, 6.45) is 0. The molecule has 2 aromatic carbocycles. The van der Waals surface area contributed by atoms with Gasteiger partial charge < -0.3 is 25.8 Å². The highest BCUT2D eigenvalue weighted by Crippen LogP contribution is 2.29. The van der Waals surface area contributed by atoms with Gasteiger partial charge in [0.15, 0.2) is 22.6 Å². The van der Waals surface area contributed by atoms with Gasteiger partial charge in [-0.05, 0) is 24.3 Å². The van der Waals surface area contributed by atoms with Crippen LogP contribution >= 0.6 is 35.3 Å². The zero-order chi connectivity index (χ0) is 18.4. The molecular weight excluding hydrogens is 477 g/mol. The number of ether oxygens (including phenoxy) is 2. The summed E-state index contributed by atoms with van der Waals surface area (Å²) in [4.78, 5) is 8.83. The van der Waals surface area contributed by atoms with E-state index in [2.05, 4.69) is 26.7 Å². The van der Waals surface area contributed by atoms with Crippen molar-refractivity contribution in [3.8, 4) is 11.5 Å². The molecule has 144 valence electrons. The molecule has 3 aromatic rings. The van der Waals surface area contributed by atoms with Crippen molar-refractivity contribution in [2.45, 2.75) is 0 Å². The second-order valence-electron chi connectivity index (χ2n) is 5.38. The predicted octanol–water partition coefficient (Wildman–Crippen LogP) is 3.77. The molecule has 27 heavy (non-hydrogen) atoms. The van der Waals surface area contributed by atoms with E-state index >= 15 is 0 Å². The predicted molar refractivity (Wildman–Crippen MR) is 123 cm³/mol. The smallest absolute Gasteiger partial charge is 0.193 e. The molecule has 0 aliphatic carbocycles. The molecular formula is C18H22IN5O2S. The topological polar surface area (TPSA) is 93.8 Å². The fourth-order valence-corrected chi connectivity index (χ4v) is 3.28. The molecule has 0 saturated heterocycles. The Morgan fingerprint density at radius 3 is 2.67 bits per heavy atom. The van der Waals surface area contributed by atoms with Crippen molar-refractivity contribution in [1.29, 1.82) is 0 Å². The van der Waals surface area contributed by atoms with E-state index in [4.69, 9.17) is 15.2 Å². The van der Waals surface area contributed by atoms with E-state index in [9.17, 15) is 0 Å². The Morgan fingerprint density at radius 2 is 1.93 bits per heavy atom. The van der Waals surface area contributed by atoms with Gasteiger partial charge in [-0.3, -0.25) is 4.99 Å². The minimum absolute atomic E-state index is 0. The summed E-state index contributed by atoms with van der Waals surface area (Å²) >= 11 is 1.62. The number of guanidine groups is 1. The second kappa shape index (κ2) is 10.2. The van der Waals surface area contributed by atoms with Crippen LogP contribution in [0.15, 0.2) is 47.5 Å². The molecule has 0 atom stereocenters. The minimum Gasteiger partial charge on any atom is -0.493 e. The van der Waals surface area contributed by atoms with Gasteiger partial charge in [-0.25, -0.2) is 4.98 Å². The number of halogens is 1. The quantitative estimate of drug-likeness (QED) is 0.198. The summed E-state index contributed by atoms with van der Waals surface area (Å²) in [5.41, 5.74) is 7.71. The maximum Gasteiger partial charge on any atom is 0.193 e. The molecule has 4 N–H and O–H groups in total. The van der Waals surface area contributed by atoms with E-state index in [0.29, 0.717) is 30.5 Å². The molecule has 9 heteroatoms. The first-order chi connectivity index (χ1) is 12.7. The van der Waals surface area contributed by atoms with E-state index in [1.165, 1.54) is 0 Å². The first kappa shape index (κ1) is 21.0. The number of hydrogen-bond donors (Lipinski definition) is 3. The molecule has 1 heterocycles. The number of nitrogens with two attached hydrogens (primary N) is 1. The van der Waals surface area contributed by atoms with Crippen LogP contribution in [-0.4, -0.2) is 38.3 Å². The number of aromatic nitrogens is 1. The molecule has 0 spiro atoms. The number of aliphatic imine (C=N–C) groups is 1. The van der Waals surface area contributed by atoms with Gasteiger partial charge in [-0.15, -0.1) is 24.0 Å². The van der Waals surface area contributed by atoms with Crippen LogP contribution in [-0.2, 0) is 0 Å². The maximum atomic E-state index is 5.93. The van der Waals surface area contributed by atoms with Gasteiger partial charge in [0.2, 0.25) is 0 Å². The number of methoxy groups -OCH3 is 2. The number of nitrogens with zero attached hydrogens (tertiary/aromatic N) is 2. The molecule has 3 rings (SSSR count). The number of para-hydroxylation sites is 1. The Hall–Kier alpha value is -2.27. The second-order valence-corrected chi connectivity index (χ2v) is 6.41. The molecule has 0 fully saturated rings. The molecule has 0 amide bonds. The molecule has 0 bridgehead atoms. The summed E-state index contributed by atoms with van der Waals surface area (Å²) in [7, 11) is 3.19. The Morgan fingerprint density at radius 1 is 1.15 bits per heavy atom. The average molecular weight is 499 g/mol. The molecule has 0 saturated carbocycles. The lowest BCUT2D eigenvalue weighted by molar-refractivity contribution is 0.355. The number of rotatable bonds is 7. The van der Waals surface area contributed by atoms with E-state index in [0.717, 1.165) is 21.0 Å². The van der Waals surface area contributed by atoms with Crippen LogP contribution in [0.2, 0.25) is 0 Å². The van der Waals surface area contributed by atoms with Crippen molar-refractivity contribution < 1.29 is 9.47 Å². The Balaban J connectivity index is 0.00000261. The van der Waals surface area contributed by atoms with Gasteiger partial charge in [-0.1, -0.05) is 23.5 Å². The number of thiazole rings is 1. The zero-order valence-corrected chi connectivity index (χ0v) is 18.2. The SMILES string of the molecule is COc1ccc(NC(N)=NCCNc2nc3ccccc3s2)cc1OC.I. The van der Waals surface area contributed by atoms with Gasteiger partial charge >= 0.3 is 0 Å².